The second kappa shape index (κ2) is 9.18. The van der Waals surface area contributed by atoms with E-state index in [2.05, 4.69) is 11.3 Å². The highest BCUT2D eigenvalue weighted by atomic mass is 16.6. The normalized spacial score (nSPS) is 13.5. The van der Waals surface area contributed by atoms with Gasteiger partial charge in [-0.15, -0.1) is 0 Å². The molecule has 0 heterocycles. The molecule has 2 atom stereocenters. The van der Waals surface area contributed by atoms with Gasteiger partial charge in [-0.2, -0.15) is 0 Å². The number of rotatable bonds is 4. The Hall–Kier alpha value is -0.910. The summed E-state index contributed by atoms with van der Waals surface area (Å²) in [4.78, 5) is 9.25. The van der Waals surface area contributed by atoms with E-state index in [0.29, 0.717) is 6.61 Å². The Bertz CT molecular complexity index is 143. The summed E-state index contributed by atoms with van der Waals surface area (Å²) in [5.74, 6) is -0.981. The van der Waals surface area contributed by atoms with Crippen LogP contribution in [-0.2, 0) is 9.53 Å². The maximum Gasteiger partial charge on any atom is 0.327 e. The van der Waals surface area contributed by atoms with E-state index in [1.165, 1.54) is 6.92 Å². The third kappa shape index (κ3) is 14.0. The van der Waals surface area contributed by atoms with Crippen LogP contribution in [0.5, 0.6) is 0 Å². The summed E-state index contributed by atoms with van der Waals surface area (Å²) < 4.78 is 4.61. The van der Waals surface area contributed by atoms with Crippen LogP contribution in [-0.4, -0.2) is 40.3 Å². The van der Waals surface area contributed by atoms with E-state index in [4.69, 9.17) is 15.3 Å². The fourth-order valence-corrected chi connectivity index (χ4v) is 0.310. The Morgan fingerprint density at radius 2 is 2.00 bits per heavy atom. The summed E-state index contributed by atoms with van der Waals surface area (Å²) >= 11 is 0. The van der Waals surface area contributed by atoms with Crippen molar-refractivity contribution in [3.05, 3.63) is 12.7 Å². The van der Waals surface area contributed by atoms with Crippen molar-refractivity contribution < 1.29 is 24.9 Å². The SMILES string of the molecule is C=CC(=O)O.CCOC(O)C(C)O. The fourth-order valence-electron chi connectivity index (χ4n) is 0.310. The van der Waals surface area contributed by atoms with E-state index < -0.39 is 18.4 Å². The van der Waals surface area contributed by atoms with Gasteiger partial charge in [-0.3, -0.25) is 0 Å². The van der Waals surface area contributed by atoms with Crippen LogP contribution < -0.4 is 0 Å². The Labute approximate surface area is 77.3 Å². The first-order valence-electron chi connectivity index (χ1n) is 3.78. The Morgan fingerprint density at radius 3 is 2.08 bits per heavy atom. The number of hydrogen-bond donors (Lipinski definition) is 3. The van der Waals surface area contributed by atoms with Gasteiger partial charge in [-0.25, -0.2) is 4.79 Å². The van der Waals surface area contributed by atoms with Crippen molar-refractivity contribution in [2.45, 2.75) is 26.2 Å². The van der Waals surface area contributed by atoms with Crippen LogP contribution in [0.1, 0.15) is 13.8 Å². The first-order chi connectivity index (χ1) is 5.95. The van der Waals surface area contributed by atoms with Gasteiger partial charge in [0, 0.05) is 12.7 Å². The second-order valence-corrected chi connectivity index (χ2v) is 2.13. The molecule has 0 spiro atoms. The number of aliphatic hydroxyl groups excluding tert-OH is 2. The predicted molar refractivity (Wildman–Crippen MR) is 47.1 cm³/mol. The maximum atomic E-state index is 9.25. The molecule has 5 heteroatoms. The molecule has 3 N–H and O–H groups in total. The molecule has 0 aromatic rings. The monoisotopic (exact) mass is 192 g/mol. The van der Waals surface area contributed by atoms with Gasteiger partial charge in [0.25, 0.3) is 0 Å². The number of ether oxygens (including phenoxy) is 1. The maximum absolute atomic E-state index is 9.25. The zero-order chi connectivity index (χ0) is 10.9. The molecule has 0 saturated carbocycles. The van der Waals surface area contributed by atoms with Crippen molar-refractivity contribution >= 4 is 5.97 Å². The molecule has 2 unspecified atom stereocenters. The largest absolute Gasteiger partial charge is 0.478 e. The van der Waals surface area contributed by atoms with E-state index in [1.54, 1.807) is 6.92 Å². The minimum atomic E-state index is -1.03. The molecule has 0 bridgehead atoms. The molecule has 78 valence electrons. The molecule has 0 aliphatic carbocycles. The minimum Gasteiger partial charge on any atom is -0.478 e. The Balaban J connectivity index is 0. The van der Waals surface area contributed by atoms with Crippen LogP contribution >= 0.6 is 0 Å². The lowest BCUT2D eigenvalue weighted by Crippen LogP contribution is -2.25. The van der Waals surface area contributed by atoms with E-state index in [1.807, 2.05) is 0 Å². The van der Waals surface area contributed by atoms with Crippen LogP contribution in [0.2, 0.25) is 0 Å². The van der Waals surface area contributed by atoms with Crippen LogP contribution in [0.4, 0.5) is 0 Å². The Morgan fingerprint density at radius 1 is 1.62 bits per heavy atom. The summed E-state index contributed by atoms with van der Waals surface area (Å²) in [6, 6.07) is 0. The van der Waals surface area contributed by atoms with Crippen LogP contribution in [0, 0.1) is 0 Å². The lowest BCUT2D eigenvalue weighted by Gasteiger charge is -2.11. The Kier molecular flexibility index (Phi) is 10.3. The number of aliphatic carboxylic acids is 1. The molecular formula is C8H16O5. The molecular weight excluding hydrogens is 176 g/mol. The van der Waals surface area contributed by atoms with Gasteiger partial charge >= 0.3 is 5.97 Å². The average molecular weight is 192 g/mol. The third-order valence-corrected chi connectivity index (χ3v) is 0.925. The van der Waals surface area contributed by atoms with E-state index in [9.17, 15) is 4.79 Å². The molecule has 5 nitrogen and oxygen atoms in total. The molecule has 0 aliphatic heterocycles. The first kappa shape index (κ1) is 14.6. The van der Waals surface area contributed by atoms with Crippen LogP contribution in [0.3, 0.4) is 0 Å². The van der Waals surface area contributed by atoms with Gasteiger partial charge in [0.05, 0.1) is 0 Å². The van der Waals surface area contributed by atoms with E-state index >= 15 is 0 Å². The second-order valence-electron chi connectivity index (χ2n) is 2.13. The van der Waals surface area contributed by atoms with Gasteiger partial charge in [0.1, 0.15) is 6.10 Å². The highest BCUT2D eigenvalue weighted by Crippen LogP contribution is 1.92. The third-order valence-electron chi connectivity index (χ3n) is 0.925. The average Bonchev–Trinajstić information content (AvgIpc) is 2.06. The smallest absolute Gasteiger partial charge is 0.327 e. The van der Waals surface area contributed by atoms with Gasteiger partial charge in [0.15, 0.2) is 6.29 Å². The van der Waals surface area contributed by atoms with Gasteiger partial charge in [0.2, 0.25) is 0 Å². The molecule has 0 saturated heterocycles. The topological polar surface area (TPSA) is 87.0 Å². The summed E-state index contributed by atoms with van der Waals surface area (Å²) in [7, 11) is 0. The van der Waals surface area contributed by atoms with Crippen molar-refractivity contribution in [1.82, 2.24) is 0 Å². The predicted octanol–water partition coefficient (Wildman–Crippen LogP) is -0.0209. The highest BCUT2D eigenvalue weighted by Gasteiger charge is 2.08. The molecule has 0 amide bonds. The van der Waals surface area contributed by atoms with Crippen molar-refractivity contribution in [3.63, 3.8) is 0 Å². The lowest BCUT2D eigenvalue weighted by molar-refractivity contribution is -0.152. The highest BCUT2D eigenvalue weighted by molar-refractivity contribution is 5.78. The van der Waals surface area contributed by atoms with Gasteiger partial charge in [-0.05, 0) is 13.8 Å². The van der Waals surface area contributed by atoms with Crippen molar-refractivity contribution in [3.8, 4) is 0 Å². The standard InChI is InChI=1S/C5H12O3.C3H4O2/c1-3-8-5(7)4(2)6;1-2-3(4)5/h4-7H,3H2,1-2H3;2H,1H2,(H,4,5). The molecule has 0 aromatic heterocycles. The lowest BCUT2D eigenvalue weighted by atomic mass is 10.4. The number of carboxylic acids is 1. The summed E-state index contributed by atoms with van der Waals surface area (Å²) in [5, 5.41) is 24.8. The van der Waals surface area contributed by atoms with Crippen LogP contribution in [0.15, 0.2) is 12.7 Å². The molecule has 0 fully saturated rings. The molecule has 13 heavy (non-hydrogen) atoms. The summed E-state index contributed by atoms with van der Waals surface area (Å²) in [5.41, 5.74) is 0. The number of carbonyl (C=O) groups is 1. The zero-order valence-electron chi connectivity index (χ0n) is 7.80. The first-order valence-corrected chi connectivity index (χ1v) is 3.78. The molecule has 0 aliphatic rings. The summed E-state index contributed by atoms with van der Waals surface area (Å²) in [6.45, 7) is 6.61. The quantitative estimate of drug-likeness (QED) is 0.430. The number of carboxylic acid groups (broad SMARTS) is 1. The number of hydrogen-bond acceptors (Lipinski definition) is 4. The van der Waals surface area contributed by atoms with Gasteiger partial charge < -0.3 is 20.1 Å². The van der Waals surface area contributed by atoms with E-state index in [-0.39, 0.29) is 0 Å². The van der Waals surface area contributed by atoms with Crippen LogP contribution in [0.25, 0.3) is 0 Å². The fraction of sp³-hybridized carbons (Fsp3) is 0.625. The van der Waals surface area contributed by atoms with Crippen molar-refractivity contribution in [2.75, 3.05) is 6.61 Å². The number of aliphatic hydroxyl groups is 2. The molecule has 0 rings (SSSR count). The molecule has 0 aromatic carbocycles. The molecule has 0 radical (unpaired) electrons. The van der Waals surface area contributed by atoms with Gasteiger partial charge in [-0.1, -0.05) is 6.58 Å². The van der Waals surface area contributed by atoms with Crippen molar-refractivity contribution in [2.24, 2.45) is 0 Å². The summed E-state index contributed by atoms with van der Waals surface area (Å²) in [6.07, 6.45) is -0.991. The minimum absolute atomic E-state index is 0.423. The zero-order valence-corrected chi connectivity index (χ0v) is 7.80. The van der Waals surface area contributed by atoms with Crippen molar-refractivity contribution in [1.29, 1.82) is 0 Å². The van der Waals surface area contributed by atoms with E-state index in [0.717, 1.165) is 6.08 Å².